The number of carbonyl (C=O) groups excluding carboxylic acids is 1. The largest absolute Gasteiger partial charge is 0.352 e. The van der Waals surface area contributed by atoms with E-state index in [1.807, 2.05) is 48.5 Å². The summed E-state index contributed by atoms with van der Waals surface area (Å²) in [6.07, 6.45) is 0.490. The molecule has 0 spiro atoms. The molecule has 1 unspecified atom stereocenters. The Morgan fingerprint density at radius 2 is 1.62 bits per heavy atom. The zero-order chi connectivity index (χ0) is 14.9. The maximum Gasteiger partial charge on any atom is 0.221 e. The highest BCUT2D eigenvalue weighted by molar-refractivity contribution is 5.76. The van der Waals surface area contributed by atoms with Crippen LogP contribution >= 0.6 is 0 Å². The van der Waals surface area contributed by atoms with Crippen molar-refractivity contribution in [3.8, 4) is 0 Å². The SMILES string of the molecule is CC(NCCC(=O)NCc1ccccc1)c1ccccc1. The Hall–Kier alpha value is -2.13. The summed E-state index contributed by atoms with van der Waals surface area (Å²) in [5.41, 5.74) is 2.36. The van der Waals surface area contributed by atoms with Crippen molar-refractivity contribution in [3.05, 3.63) is 71.8 Å². The molecular weight excluding hydrogens is 260 g/mol. The topological polar surface area (TPSA) is 41.1 Å². The molecule has 1 amide bonds. The van der Waals surface area contributed by atoms with Gasteiger partial charge in [0.15, 0.2) is 0 Å². The lowest BCUT2D eigenvalue weighted by Crippen LogP contribution is -2.28. The molecule has 0 radical (unpaired) electrons. The van der Waals surface area contributed by atoms with Crippen LogP contribution in [-0.2, 0) is 11.3 Å². The van der Waals surface area contributed by atoms with Crippen molar-refractivity contribution in [2.75, 3.05) is 6.54 Å². The highest BCUT2D eigenvalue weighted by atomic mass is 16.1. The maximum atomic E-state index is 11.8. The van der Waals surface area contributed by atoms with Gasteiger partial charge in [0.25, 0.3) is 0 Å². The van der Waals surface area contributed by atoms with Crippen molar-refractivity contribution in [3.63, 3.8) is 0 Å². The Morgan fingerprint density at radius 1 is 1.00 bits per heavy atom. The smallest absolute Gasteiger partial charge is 0.221 e. The molecular formula is C18H22N2O. The number of nitrogens with one attached hydrogen (secondary N) is 2. The summed E-state index contributed by atoms with van der Waals surface area (Å²) in [6.45, 7) is 3.38. The van der Waals surface area contributed by atoms with E-state index in [4.69, 9.17) is 0 Å². The van der Waals surface area contributed by atoms with Gasteiger partial charge in [-0.25, -0.2) is 0 Å². The van der Waals surface area contributed by atoms with Crippen LogP contribution in [0.15, 0.2) is 60.7 Å². The van der Waals surface area contributed by atoms with E-state index in [1.54, 1.807) is 0 Å². The van der Waals surface area contributed by atoms with Crippen LogP contribution in [0.1, 0.15) is 30.5 Å². The van der Waals surface area contributed by atoms with Gasteiger partial charge in [-0.1, -0.05) is 60.7 Å². The number of amides is 1. The fourth-order valence-electron chi connectivity index (χ4n) is 2.15. The summed E-state index contributed by atoms with van der Waals surface area (Å²) in [6, 6.07) is 20.4. The Labute approximate surface area is 126 Å². The van der Waals surface area contributed by atoms with Crippen LogP contribution in [0.25, 0.3) is 0 Å². The number of benzene rings is 2. The van der Waals surface area contributed by atoms with Crippen LogP contribution < -0.4 is 10.6 Å². The Morgan fingerprint density at radius 3 is 2.29 bits per heavy atom. The predicted molar refractivity (Wildman–Crippen MR) is 85.8 cm³/mol. The average Bonchev–Trinajstić information content (AvgIpc) is 2.54. The normalized spacial score (nSPS) is 11.9. The first-order valence-corrected chi connectivity index (χ1v) is 7.34. The number of hydrogen-bond donors (Lipinski definition) is 2. The summed E-state index contributed by atoms with van der Waals surface area (Å²) in [5.74, 6) is 0.0756. The van der Waals surface area contributed by atoms with Gasteiger partial charge in [0, 0.05) is 25.6 Å². The van der Waals surface area contributed by atoms with Gasteiger partial charge in [0.1, 0.15) is 0 Å². The Bertz CT molecular complexity index is 540. The molecule has 0 heterocycles. The molecule has 3 nitrogen and oxygen atoms in total. The monoisotopic (exact) mass is 282 g/mol. The van der Waals surface area contributed by atoms with Crippen LogP contribution in [0, 0.1) is 0 Å². The maximum absolute atomic E-state index is 11.8. The first-order chi connectivity index (χ1) is 10.3. The summed E-state index contributed by atoms with van der Waals surface area (Å²) >= 11 is 0. The van der Waals surface area contributed by atoms with E-state index < -0.39 is 0 Å². The fourth-order valence-corrected chi connectivity index (χ4v) is 2.15. The molecule has 2 aromatic carbocycles. The van der Waals surface area contributed by atoms with Crippen molar-refractivity contribution in [1.82, 2.24) is 10.6 Å². The van der Waals surface area contributed by atoms with E-state index in [9.17, 15) is 4.79 Å². The average molecular weight is 282 g/mol. The van der Waals surface area contributed by atoms with Crippen LogP contribution in [0.5, 0.6) is 0 Å². The van der Waals surface area contributed by atoms with E-state index in [1.165, 1.54) is 5.56 Å². The number of hydrogen-bond acceptors (Lipinski definition) is 2. The standard InChI is InChI=1S/C18H22N2O/c1-15(17-10-6-3-7-11-17)19-13-12-18(21)20-14-16-8-4-2-5-9-16/h2-11,15,19H,12-14H2,1H3,(H,20,21). The molecule has 0 aliphatic heterocycles. The highest BCUT2D eigenvalue weighted by Gasteiger charge is 2.05. The lowest BCUT2D eigenvalue weighted by molar-refractivity contribution is -0.121. The third kappa shape index (κ3) is 5.40. The van der Waals surface area contributed by atoms with Crippen molar-refractivity contribution >= 4 is 5.91 Å². The van der Waals surface area contributed by atoms with Gasteiger partial charge < -0.3 is 10.6 Å². The van der Waals surface area contributed by atoms with Crippen molar-refractivity contribution < 1.29 is 4.79 Å². The van der Waals surface area contributed by atoms with Gasteiger partial charge in [-0.15, -0.1) is 0 Å². The number of rotatable bonds is 7. The molecule has 0 saturated heterocycles. The molecule has 0 aliphatic carbocycles. The zero-order valence-electron chi connectivity index (χ0n) is 12.4. The third-order valence-corrected chi connectivity index (χ3v) is 3.43. The van der Waals surface area contributed by atoms with E-state index in [-0.39, 0.29) is 11.9 Å². The molecule has 2 aromatic rings. The van der Waals surface area contributed by atoms with Gasteiger partial charge in [-0.2, -0.15) is 0 Å². The summed E-state index contributed by atoms with van der Waals surface area (Å²) in [4.78, 5) is 11.8. The molecule has 1 atom stereocenters. The quantitative estimate of drug-likeness (QED) is 0.819. The molecule has 110 valence electrons. The van der Waals surface area contributed by atoms with Crippen LogP contribution in [0.3, 0.4) is 0 Å². The second kappa shape index (κ2) is 8.22. The van der Waals surface area contributed by atoms with Crippen molar-refractivity contribution in [1.29, 1.82) is 0 Å². The summed E-state index contributed by atoms with van der Waals surface area (Å²) in [5, 5.41) is 6.30. The second-order valence-corrected chi connectivity index (χ2v) is 5.10. The first kappa shape index (κ1) is 15.3. The van der Waals surface area contributed by atoms with E-state index >= 15 is 0 Å². The minimum absolute atomic E-state index is 0.0756. The minimum Gasteiger partial charge on any atom is -0.352 e. The molecule has 0 saturated carbocycles. The summed E-state index contributed by atoms with van der Waals surface area (Å²) in [7, 11) is 0. The molecule has 0 bridgehead atoms. The van der Waals surface area contributed by atoms with Crippen LogP contribution in [-0.4, -0.2) is 12.5 Å². The fraction of sp³-hybridized carbons (Fsp3) is 0.278. The molecule has 2 rings (SSSR count). The zero-order valence-corrected chi connectivity index (χ0v) is 12.4. The molecule has 21 heavy (non-hydrogen) atoms. The van der Waals surface area contributed by atoms with Gasteiger partial charge in [-0.3, -0.25) is 4.79 Å². The molecule has 3 heteroatoms. The molecule has 0 aromatic heterocycles. The van der Waals surface area contributed by atoms with Crippen LogP contribution in [0.4, 0.5) is 0 Å². The van der Waals surface area contributed by atoms with Gasteiger partial charge in [-0.05, 0) is 18.1 Å². The van der Waals surface area contributed by atoms with Crippen molar-refractivity contribution in [2.24, 2.45) is 0 Å². The highest BCUT2D eigenvalue weighted by Crippen LogP contribution is 2.10. The summed E-state index contributed by atoms with van der Waals surface area (Å²) < 4.78 is 0. The lowest BCUT2D eigenvalue weighted by Gasteiger charge is -2.14. The first-order valence-electron chi connectivity index (χ1n) is 7.34. The predicted octanol–water partition coefficient (Wildman–Crippen LogP) is 3.04. The van der Waals surface area contributed by atoms with E-state index in [0.717, 1.165) is 5.56 Å². The van der Waals surface area contributed by atoms with E-state index in [2.05, 4.69) is 29.7 Å². The van der Waals surface area contributed by atoms with Gasteiger partial charge in [0.05, 0.1) is 0 Å². The van der Waals surface area contributed by atoms with Gasteiger partial charge >= 0.3 is 0 Å². The van der Waals surface area contributed by atoms with E-state index in [0.29, 0.717) is 19.5 Å². The minimum atomic E-state index is 0.0756. The van der Waals surface area contributed by atoms with Gasteiger partial charge in [0.2, 0.25) is 5.91 Å². The molecule has 2 N–H and O–H groups in total. The number of carbonyl (C=O) groups is 1. The molecule has 0 fully saturated rings. The third-order valence-electron chi connectivity index (χ3n) is 3.43. The second-order valence-electron chi connectivity index (χ2n) is 5.10. The Balaban J connectivity index is 1.65. The van der Waals surface area contributed by atoms with Crippen molar-refractivity contribution in [2.45, 2.75) is 25.9 Å². The van der Waals surface area contributed by atoms with Crippen LogP contribution in [0.2, 0.25) is 0 Å². The lowest BCUT2D eigenvalue weighted by atomic mass is 10.1. The Kier molecular flexibility index (Phi) is 5.98. The molecule has 0 aliphatic rings.